The standard InChI is InChI=1S/C10H13ClN2O2/c1-10(2,4-8(14)15)7-3-6(11)5-13-9(7)12/h3,5H,4H2,1-2H3,(H2,12,13)(H,14,15). The third-order valence-corrected chi connectivity index (χ3v) is 2.41. The van der Waals surface area contributed by atoms with E-state index < -0.39 is 11.4 Å². The topological polar surface area (TPSA) is 76.2 Å². The van der Waals surface area contributed by atoms with Crippen molar-refractivity contribution in [2.45, 2.75) is 25.7 Å². The molecule has 0 aliphatic carbocycles. The Morgan fingerprint density at radius 2 is 2.27 bits per heavy atom. The molecule has 0 spiro atoms. The Morgan fingerprint density at radius 3 is 2.80 bits per heavy atom. The summed E-state index contributed by atoms with van der Waals surface area (Å²) in [6.45, 7) is 3.59. The van der Waals surface area contributed by atoms with Crippen LogP contribution in [0.15, 0.2) is 12.3 Å². The second-order valence-corrected chi connectivity index (χ2v) is 4.48. The van der Waals surface area contributed by atoms with Crippen molar-refractivity contribution in [3.63, 3.8) is 0 Å². The third kappa shape index (κ3) is 2.83. The summed E-state index contributed by atoms with van der Waals surface area (Å²) in [5.74, 6) is -0.551. The minimum absolute atomic E-state index is 0.0147. The minimum Gasteiger partial charge on any atom is -0.481 e. The van der Waals surface area contributed by atoms with Crippen LogP contribution in [-0.4, -0.2) is 16.1 Å². The average molecular weight is 229 g/mol. The number of anilines is 1. The zero-order valence-electron chi connectivity index (χ0n) is 8.62. The predicted octanol–water partition coefficient (Wildman–Crippen LogP) is 2.07. The van der Waals surface area contributed by atoms with Crippen molar-refractivity contribution in [1.29, 1.82) is 0 Å². The van der Waals surface area contributed by atoms with Gasteiger partial charge in [-0.15, -0.1) is 0 Å². The molecule has 1 aromatic rings. The van der Waals surface area contributed by atoms with Crippen molar-refractivity contribution < 1.29 is 9.90 Å². The van der Waals surface area contributed by atoms with Crippen molar-refractivity contribution in [2.24, 2.45) is 0 Å². The maximum atomic E-state index is 10.7. The quantitative estimate of drug-likeness (QED) is 0.831. The number of hydrogen-bond acceptors (Lipinski definition) is 3. The van der Waals surface area contributed by atoms with E-state index in [1.54, 1.807) is 19.9 Å². The molecule has 0 aliphatic rings. The number of nitrogens with two attached hydrogens (primary N) is 1. The molecular formula is C10H13ClN2O2. The van der Waals surface area contributed by atoms with Crippen LogP contribution in [-0.2, 0) is 10.2 Å². The van der Waals surface area contributed by atoms with Gasteiger partial charge in [-0.05, 0) is 6.07 Å². The first kappa shape index (κ1) is 11.8. The molecule has 4 nitrogen and oxygen atoms in total. The molecule has 3 N–H and O–H groups in total. The molecule has 0 amide bonds. The van der Waals surface area contributed by atoms with Gasteiger partial charge in [0.1, 0.15) is 5.82 Å². The third-order valence-electron chi connectivity index (χ3n) is 2.21. The number of halogens is 1. The highest BCUT2D eigenvalue weighted by Crippen LogP contribution is 2.31. The predicted molar refractivity (Wildman–Crippen MR) is 58.9 cm³/mol. The first-order valence-corrected chi connectivity index (χ1v) is 4.84. The smallest absolute Gasteiger partial charge is 0.304 e. The minimum atomic E-state index is -0.876. The lowest BCUT2D eigenvalue weighted by atomic mass is 9.82. The van der Waals surface area contributed by atoms with E-state index in [0.717, 1.165) is 0 Å². The largest absolute Gasteiger partial charge is 0.481 e. The van der Waals surface area contributed by atoms with Gasteiger partial charge in [-0.1, -0.05) is 25.4 Å². The summed E-state index contributed by atoms with van der Waals surface area (Å²) >= 11 is 5.79. The summed E-state index contributed by atoms with van der Waals surface area (Å²) in [5.41, 5.74) is 5.78. The molecule has 0 saturated carbocycles. The molecule has 0 atom stereocenters. The first-order chi connectivity index (χ1) is 6.83. The Hall–Kier alpha value is -1.29. The number of pyridine rings is 1. The molecular weight excluding hydrogens is 216 g/mol. The molecule has 1 rings (SSSR count). The fourth-order valence-corrected chi connectivity index (χ4v) is 1.62. The number of carboxylic acids is 1. The van der Waals surface area contributed by atoms with E-state index >= 15 is 0 Å². The van der Waals surface area contributed by atoms with E-state index in [4.69, 9.17) is 22.4 Å². The van der Waals surface area contributed by atoms with E-state index in [0.29, 0.717) is 16.4 Å². The number of hydrogen-bond donors (Lipinski definition) is 2. The zero-order chi connectivity index (χ0) is 11.6. The lowest BCUT2D eigenvalue weighted by molar-refractivity contribution is -0.138. The Morgan fingerprint density at radius 1 is 1.67 bits per heavy atom. The van der Waals surface area contributed by atoms with Crippen LogP contribution >= 0.6 is 11.6 Å². The van der Waals surface area contributed by atoms with Gasteiger partial charge in [0, 0.05) is 17.2 Å². The highest BCUT2D eigenvalue weighted by molar-refractivity contribution is 6.30. The van der Waals surface area contributed by atoms with Crippen molar-refractivity contribution in [3.8, 4) is 0 Å². The number of carbonyl (C=O) groups is 1. The summed E-state index contributed by atoms with van der Waals surface area (Å²) in [7, 11) is 0. The van der Waals surface area contributed by atoms with Crippen LogP contribution in [0.3, 0.4) is 0 Å². The highest BCUT2D eigenvalue weighted by atomic mass is 35.5. The summed E-state index contributed by atoms with van der Waals surface area (Å²) < 4.78 is 0. The second kappa shape index (κ2) is 4.06. The Labute approximate surface area is 93.1 Å². The fraction of sp³-hybridized carbons (Fsp3) is 0.400. The number of aliphatic carboxylic acids is 1. The molecule has 0 bridgehead atoms. The van der Waals surface area contributed by atoms with Gasteiger partial charge in [0.2, 0.25) is 0 Å². The van der Waals surface area contributed by atoms with Crippen LogP contribution in [0.5, 0.6) is 0 Å². The van der Waals surface area contributed by atoms with E-state index in [2.05, 4.69) is 4.98 Å². The molecule has 0 fully saturated rings. The van der Waals surface area contributed by atoms with Crippen molar-refractivity contribution >= 4 is 23.4 Å². The molecule has 1 aromatic heterocycles. The van der Waals surface area contributed by atoms with E-state index in [1.165, 1.54) is 6.20 Å². The normalized spacial score (nSPS) is 11.4. The van der Waals surface area contributed by atoms with E-state index in [9.17, 15) is 4.79 Å². The van der Waals surface area contributed by atoms with Crippen molar-refractivity contribution in [1.82, 2.24) is 4.98 Å². The number of nitrogens with zero attached hydrogens (tertiary/aromatic N) is 1. The molecule has 0 aliphatic heterocycles. The number of nitrogen functional groups attached to an aromatic ring is 1. The Bertz CT molecular complexity index is 391. The van der Waals surface area contributed by atoms with Gasteiger partial charge in [0.25, 0.3) is 0 Å². The fourth-order valence-electron chi connectivity index (χ4n) is 1.47. The highest BCUT2D eigenvalue weighted by Gasteiger charge is 2.27. The monoisotopic (exact) mass is 228 g/mol. The lowest BCUT2D eigenvalue weighted by Gasteiger charge is -2.24. The Kier molecular flexibility index (Phi) is 3.19. The van der Waals surface area contributed by atoms with Crippen LogP contribution in [0.25, 0.3) is 0 Å². The zero-order valence-corrected chi connectivity index (χ0v) is 9.38. The first-order valence-electron chi connectivity index (χ1n) is 4.46. The maximum Gasteiger partial charge on any atom is 0.304 e. The van der Waals surface area contributed by atoms with Crippen LogP contribution in [0, 0.1) is 0 Å². The summed E-state index contributed by atoms with van der Waals surface area (Å²) in [6, 6.07) is 1.66. The lowest BCUT2D eigenvalue weighted by Crippen LogP contribution is -2.23. The molecule has 82 valence electrons. The van der Waals surface area contributed by atoms with Gasteiger partial charge in [-0.2, -0.15) is 0 Å². The van der Waals surface area contributed by atoms with Crippen LogP contribution in [0.2, 0.25) is 5.02 Å². The molecule has 0 aromatic carbocycles. The van der Waals surface area contributed by atoms with E-state index in [-0.39, 0.29) is 6.42 Å². The molecule has 1 heterocycles. The molecule has 0 saturated heterocycles. The second-order valence-electron chi connectivity index (χ2n) is 4.04. The van der Waals surface area contributed by atoms with Gasteiger partial charge in [0.05, 0.1) is 11.4 Å². The Balaban J connectivity index is 3.13. The van der Waals surface area contributed by atoms with E-state index in [1.807, 2.05) is 0 Å². The summed E-state index contributed by atoms with van der Waals surface area (Å²) in [5, 5.41) is 9.23. The molecule has 15 heavy (non-hydrogen) atoms. The van der Waals surface area contributed by atoms with Crippen LogP contribution in [0.4, 0.5) is 5.82 Å². The van der Waals surface area contributed by atoms with Crippen molar-refractivity contribution in [2.75, 3.05) is 5.73 Å². The number of carboxylic acid groups (broad SMARTS) is 1. The molecule has 0 radical (unpaired) electrons. The van der Waals surface area contributed by atoms with Gasteiger partial charge in [-0.25, -0.2) is 4.98 Å². The van der Waals surface area contributed by atoms with Gasteiger partial charge < -0.3 is 10.8 Å². The number of rotatable bonds is 3. The van der Waals surface area contributed by atoms with Crippen LogP contribution < -0.4 is 5.73 Å². The van der Waals surface area contributed by atoms with Crippen molar-refractivity contribution in [3.05, 3.63) is 22.8 Å². The van der Waals surface area contributed by atoms with Gasteiger partial charge >= 0.3 is 5.97 Å². The maximum absolute atomic E-state index is 10.7. The summed E-state index contributed by atoms with van der Waals surface area (Å²) in [4.78, 5) is 14.6. The van der Waals surface area contributed by atoms with Crippen LogP contribution in [0.1, 0.15) is 25.8 Å². The molecule has 0 unspecified atom stereocenters. The molecule has 5 heteroatoms. The van der Waals surface area contributed by atoms with Gasteiger partial charge in [0.15, 0.2) is 0 Å². The average Bonchev–Trinajstić information content (AvgIpc) is 2.06. The summed E-state index contributed by atoms with van der Waals surface area (Å²) in [6.07, 6.45) is 1.43. The number of aromatic nitrogens is 1. The van der Waals surface area contributed by atoms with Gasteiger partial charge in [-0.3, -0.25) is 4.79 Å². The SMILES string of the molecule is CC(C)(CC(=O)O)c1cc(Cl)cnc1N.